The molecular formula is C28H23N3O. The van der Waals surface area contributed by atoms with Crippen molar-refractivity contribution < 1.29 is 4.79 Å². The highest BCUT2D eigenvalue weighted by molar-refractivity contribution is 6.02. The van der Waals surface area contributed by atoms with Gasteiger partial charge >= 0.3 is 6.03 Å². The summed E-state index contributed by atoms with van der Waals surface area (Å²) in [6, 6.07) is 28.4. The molecule has 2 N–H and O–H groups in total. The Morgan fingerprint density at radius 2 is 1.62 bits per heavy atom. The van der Waals surface area contributed by atoms with E-state index in [1.807, 2.05) is 60.9 Å². The van der Waals surface area contributed by atoms with Gasteiger partial charge in [0, 0.05) is 29.7 Å². The number of aromatic nitrogens is 1. The maximum absolute atomic E-state index is 12.6. The molecule has 0 bridgehead atoms. The number of anilines is 1. The summed E-state index contributed by atoms with van der Waals surface area (Å²) in [6.07, 6.45) is 3.68. The van der Waals surface area contributed by atoms with Crippen LogP contribution < -0.4 is 10.6 Å². The van der Waals surface area contributed by atoms with Crippen LogP contribution in [-0.4, -0.2) is 11.0 Å². The van der Waals surface area contributed by atoms with Crippen molar-refractivity contribution in [1.82, 2.24) is 10.3 Å². The second-order valence-corrected chi connectivity index (χ2v) is 7.89. The third-order valence-electron chi connectivity index (χ3n) is 5.75. The molecule has 1 heterocycles. The standard InChI is InChI=1S/C28H23N3O/c1-19-9-11-21(12-10-19)23-14-13-22(26-18-29-16-15-25(23)26)17-30-28(32)31-27-8-4-6-20-5-2-3-7-24(20)27/h2-16,18H,17H2,1H3,(H2,30,31,32). The van der Waals surface area contributed by atoms with Gasteiger partial charge in [-0.2, -0.15) is 0 Å². The van der Waals surface area contributed by atoms with Crippen molar-refractivity contribution >= 4 is 33.3 Å². The van der Waals surface area contributed by atoms with E-state index in [2.05, 4.69) is 58.9 Å². The molecule has 5 aromatic rings. The van der Waals surface area contributed by atoms with Crippen molar-refractivity contribution in [3.63, 3.8) is 0 Å². The predicted octanol–water partition coefficient (Wildman–Crippen LogP) is 6.69. The van der Waals surface area contributed by atoms with Gasteiger partial charge in [-0.15, -0.1) is 0 Å². The summed E-state index contributed by atoms with van der Waals surface area (Å²) in [4.78, 5) is 17.0. The van der Waals surface area contributed by atoms with Gasteiger partial charge in [0.1, 0.15) is 0 Å². The molecule has 0 aliphatic rings. The highest BCUT2D eigenvalue weighted by Crippen LogP contribution is 2.30. The average Bonchev–Trinajstić information content (AvgIpc) is 2.83. The lowest BCUT2D eigenvalue weighted by atomic mass is 9.96. The van der Waals surface area contributed by atoms with Crippen molar-refractivity contribution in [3.8, 4) is 11.1 Å². The molecule has 0 spiro atoms. The molecule has 0 aliphatic heterocycles. The average molecular weight is 418 g/mol. The molecule has 0 saturated heterocycles. The number of benzene rings is 4. The maximum atomic E-state index is 12.6. The van der Waals surface area contributed by atoms with Gasteiger partial charge < -0.3 is 10.6 Å². The highest BCUT2D eigenvalue weighted by atomic mass is 16.2. The zero-order chi connectivity index (χ0) is 21.9. The van der Waals surface area contributed by atoms with Crippen LogP contribution in [0.2, 0.25) is 0 Å². The third-order valence-corrected chi connectivity index (χ3v) is 5.75. The molecule has 0 aliphatic carbocycles. The van der Waals surface area contributed by atoms with Crippen LogP contribution in [0.3, 0.4) is 0 Å². The number of urea groups is 1. The normalized spacial score (nSPS) is 10.9. The second kappa shape index (κ2) is 8.52. The van der Waals surface area contributed by atoms with Crippen LogP contribution in [-0.2, 0) is 6.54 Å². The Morgan fingerprint density at radius 1 is 0.812 bits per heavy atom. The van der Waals surface area contributed by atoms with E-state index in [9.17, 15) is 4.79 Å². The minimum Gasteiger partial charge on any atom is -0.334 e. The molecule has 0 fully saturated rings. The van der Waals surface area contributed by atoms with Crippen molar-refractivity contribution in [1.29, 1.82) is 0 Å². The van der Waals surface area contributed by atoms with E-state index in [-0.39, 0.29) is 6.03 Å². The third kappa shape index (κ3) is 3.91. The number of pyridine rings is 1. The number of carbonyl (C=O) groups excluding carboxylic acids is 1. The molecule has 4 aromatic carbocycles. The first-order valence-corrected chi connectivity index (χ1v) is 10.6. The Bertz CT molecular complexity index is 1420. The molecule has 32 heavy (non-hydrogen) atoms. The number of carbonyl (C=O) groups is 1. The molecular weight excluding hydrogens is 394 g/mol. The van der Waals surface area contributed by atoms with Crippen LogP contribution in [0.15, 0.2) is 97.3 Å². The lowest BCUT2D eigenvalue weighted by Gasteiger charge is -2.13. The fraction of sp³-hybridized carbons (Fsp3) is 0.0714. The molecule has 4 nitrogen and oxygen atoms in total. The predicted molar refractivity (Wildman–Crippen MR) is 132 cm³/mol. The Hall–Kier alpha value is -4.18. The second-order valence-electron chi connectivity index (χ2n) is 7.89. The lowest BCUT2D eigenvalue weighted by Crippen LogP contribution is -2.28. The number of hydrogen-bond donors (Lipinski definition) is 2. The van der Waals surface area contributed by atoms with E-state index in [4.69, 9.17) is 0 Å². The van der Waals surface area contributed by atoms with Crippen molar-refractivity contribution in [2.45, 2.75) is 13.5 Å². The van der Waals surface area contributed by atoms with Gasteiger partial charge in [-0.25, -0.2) is 4.79 Å². The monoisotopic (exact) mass is 417 g/mol. The SMILES string of the molecule is Cc1ccc(-c2ccc(CNC(=O)Nc3cccc4ccccc34)c3cnccc23)cc1. The molecule has 0 radical (unpaired) electrons. The minimum atomic E-state index is -0.235. The fourth-order valence-electron chi connectivity index (χ4n) is 4.06. The fourth-order valence-corrected chi connectivity index (χ4v) is 4.06. The van der Waals surface area contributed by atoms with Gasteiger partial charge in [0.25, 0.3) is 0 Å². The summed E-state index contributed by atoms with van der Waals surface area (Å²) in [5.41, 5.74) is 5.38. The van der Waals surface area contributed by atoms with Gasteiger partial charge in [0.15, 0.2) is 0 Å². The van der Waals surface area contributed by atoms with Gasteiger partial charge in [-0.3, -0.25) is 4.98 Å². The van der Waals surface area contributed by atoms with Crippen molar-refractivity contribution in [2.24, 2.45) is 0 Å². The van der Waals surface area contributed by atoms with Gasteiger partial charge in [-0.05, 0) is 46.5 Å². The van der Waals surface area contributed by atoms with E-state index in [1.165, 1.54) is 11.1 Å². The summed E-state index contributed by atoms with van der Waals surface area (Å²) in [6.45, 7) is 2.50. The topological polar surface area (TPSA) is 54.0 Å². The molecule has 0 saturated carbocycles. The molecule has 2 amide bonds. The Balaban J connectivity index is 1.38. The Kier molecular flexibility index (Phi) is 5.26. The number of amides is 2. The van der Waals surface area contributed by atoms with E-state index < -0.39 is 0 Å². The molecule has 0 unspecified atom stereocenters. The number of fused-ring (bicyclic) bond motifs is 2. The van der Waals surface area contributed by atoms with E-state index in [0.717, 1.165) is 38.4 Å². The Labute approximate surface area is 186 Å². The summed E-state index contributed by atoms with van der Waals surface area (Å²) in [5.74, 6) is 0. The number of rotatable bonds is 4. The number of hydrogen-bond acceptors (Lipinski definition) is 2. The van der Waals surface area contributed by atoms with Crippen LogP contribution in [0.1, 0.15) is 11.1 Å². The first-order valence-electron chi connectivity index (χ1n) is 10.6. The quantitative estimate of drug-likeness (QED) is 0.342. The van der Waals surface area contributed by atoms with Crippen LogP contribution in [0.4, 0.5) is 10.5 Å². The molecule has 156 valence electrons. The molecule has 0 atom stereocenters. The largest absolute Gasteiger partial charge is 0.334 e. The first kappa shape index (κ1) is 19.8. The van der Waals surface area contributed by atoms with Crippen LogP contribution >= 0.6 is 0 Å². The van der Waals surface area contributed by atoms with E-state index >= 15 is 0 Å². The van der Waals surface area contributed by atoms with E-state index in [0.29, 0.717) is 6.54 Å². The van der Waals surface area contributed by atoms with Crippen molar-refractivity contribution in [3.05, 3.63) is 108 Å². The number of aryl methyl sites for hydroxylation is 1. The highest BCUT2D eigenvalue weighted by Gasteiger charge is 2.10. The smallest absolute Gasteiger partial charge is 0.319 e. The lowest BCUT2D eigenvalue weighted by molar-refractivity contribution is 0.252. The van der Waals surface area contributed by atoms with Crippen LogP contribution in [0, 0.1) is 6.92 Å². The zero-order valence-electron chi connectivity index (χ0n) is 17.8. The maximum Gasteiger partial charge on any atom is 0.319 e. The number of nitrogens with zero attached hydrogens (tertiary/aromatic N) is 1. The summed E-state index contributed by atoms with van der Waals surface area (Å²) >= 11 is 0. The zero-order valence-corrected chi connectivity index (χ0v) is 17.8. The molecule has 4 heteroatoms. The van der Waals surface area contributed by atoms with Crippen molar-refractivity contribution in [2.75, 3.05) is 5.32 Å². The number of nitrogens with one attached hydrogen (secondary N) is 2. The van der Waals surface area contributed by atoms with Gasteiger partial charge in [-0.1, -0.05) is 78.4 Å². The Morgan fingerprint density at radius 3 is 2.50 bits per heavy atom. The first-order chi connectivity index (χ1) is 15.7. The minimum absolute atomic E-state index is 0.235. The summed E-state index contributed by atoms with van der Waals surface area (Å²) in [5, 5.41) is 10.2. The van der Waals surface area contributed by atoms with Gasteiger partial charge in [0.05, 0.1) is 5.69 Å². The van der Waals surface area contributed by atoms with Crippen LogP contribution in [0.25, 0.3) is 32.7 Å². The van der Waals surface area contributed by atoms with Gasteiger partial charge in [0.2, 0.25) is 0 Å². The van der Waals surface area contributed by atoms with Crippen LogP contribution in [0.5, 0.6) is 0 Å². The molecule has 1 aromatic heterocycles. The molecule has 5 rings (SSSR count). The summed E-state index contributed by atoms with van der Waals surface area (Å²) < 4.78 is 0. The van der Waals surface area contributed by atoms with E-state index in [1.54, 1.807) is 0 Å². The summed E-state index contributed by atoms with van der Waals surface area (Å²) in [7, 11) is 0.